The highest BCUT2D eigenvalue weighted by Crippen LogP contribution is 2.22. The third-order valence-electron chi connectivity index (χ3n) is 2.48. The molecule has 0 aliphatic heterocycles. The lowest BCUT2D eigenvalue weighted by molar-refractivity contribution is 0.0468. The number of nitrogens with zero attached hydrogens (tertiary/aromatic N) is 1. The highest BCUT2D eigenvalue weighted by Gasteiger charge is 2.10. The van der Waals surface area contributed by atoms with Crippen LogP contribution in [0, 0.1) is 6.92 Å². The molecule has 0 aliphatic carbocycles. The predicted molar refractivity (Wildman–Crippen MR) is 73.4 cm³/mol. The van der Waals surface area contributed by atoms with Crippen molar-refractivity contribution in [3.8, 4) is 5.75 Å². The molecule has 0 atom stereocenters. The first kappa shape index (κ1) is 13.4. The number of benzene rings is 1. The van der Waals surface area contributed by atoms with E-state index in [-0.39, 0.29) is 6.61 Å². The van der Waals surface area contributed by atoms with Crippen LogP contribution in [0.1, 0.15) is 21.1 Å². The molecular formula is C13H14N2O3S. The van der Waals surface area contributed by atoms with E-state index < -0.39 is 5.97 Å². The number of carbonyl (C=O) groups excluding carboxylic acids is 1. The number of aromatic nitrogens is 1. The van der Waals surface area contributed by atoms with Crippen LogP contribution in [-0.2, 0) is 11.3 Å². The maximum absolute atomic E-state index is 11.8. The summed E-state index contributed by atoms with van der Waals surface area (Å²) in [5, 5.41) is 2.81. The van der Waals surface area contributed by atoms with E-state index in [0.29, 0.717) is 17.0 Å². The van der Waals surface area contributed by atoms with Gasteiger partial charge < -0.3 is 15.2 Å². The van der Waals surface area contributed by atoms with Crippen molar-refractivity contribution in [1.82, 2.24) is 4.98 Å². The number of rotatable bonds is 4. The first-order valence-corrected chi connectivity index (χ1v) is 6.49. The summed E-state index contributed by atoms with van der Waals surface area (Å²) in [6.45, 7) is 2.06. The molecule has 19 heavy (non-hydrogen) atoms. The molecule has 1 aromatic heterocycles. The average molecular weight is 278 g/mol. The van der Waals surface area contributed by atoms with Gasteiger partial charge in [-0.1, -0.05) is 0 Å². The van der Waals surface area contributed by atoms with Crippen molar-refractivity contribution in [2.75, 3.05) is 12.8 Å². The molecule has 0 fully saturated rings. The van der Waals surface area contributed by atoms with E-state index >= 15 is 0 Å². The second-order valence-corrected chi connectivity index (χ2v) is 4.95. The summed E-state index contributed by atoms with van der Waals surface area (Å²) in [5.74, 6) is 0.103. The van der Waals surface area contributed by atoms with Gasteiger partial charge in [0.2, 0.25) is 0 Å². The zero-order chi connectivity index (χ0) is 13.8. The van der Waals surface area contributed by atoms with Crippen molar-refractivity contribution < 1.29 is 14.3 Å². The Bertz CT molecular complexity index is 595. The molecule has 100 valence electrons. The molecule has 0 aliphatic rings. The Morgan fingerprint density at radius 1 is 1.47 bits per heavy atom. The van der Waals surface area contributed by atoms with Gasteiger partial charge in [0.05, 0.1) is 29.1 Å². The molecule has 0 unspecified atom stereocenters. The molecule has 5 nitrogen and oxygen atoms in total. The smallest absolute Gasteiger partial charge is 0.338 e. The minimum absolute atomic E-state index is 0.162. The van der Waals surface area contributed by atoms with Crippen LogP contribution in [-0.4, -0.2) is 18.1 Å². The van der Waals surface area contributed by atoms with Gasteiger partial charge in [0.25, 0.3) is 0 Å². The van der Waals surface area contributed by atoms with Crippen LogP contribution in [0.15, 0.2) is 23.6 Å². The number of hydrogen-bond acceptors (Lipinski definition) is 6. The van der Waals surface area contributed by atoms with Crippen LogP contribution in [0.5, 0.6) is 5.75 Å². The van der Waals surface area contributed by atoms with Crippen molar-refractivity contribution >= 4 is 23.0 Å². The average Bonchev–Trinajstić information content (AvgIpc) is 2.81. The minimum Gasteiger partial charge on any atom is -0.495 e. The van der Waals surface area contributed by atoms with Gasteiger partial charge in [-0.25, -0.2) is 9.78 Å². The van der Waals surface area contributed by atoms with Gasteiger partial charge in [0.1, 0.15) is 12.4 Å². The maximum atomic E-state index is 11.8. The van der Waals surface area contributed by atoms with Gasteiger partial charge in [-0.15, -0.1) is 11.3 Å². The van der Waals surface area contributed by atoms with Gasteiger partial charge in [-0.3, -0.25) is 0 Å². The standard InChI is InChI=1S/C13H14N2O3S/c1-8-15-10(7-19-8)6-18-13(16)9-3-4-12(17-2)11(14)5-9/h3-5,7H,6,14H2,1-2H3. The molecule has 2 N–H and O–H groups in total. The van der Waals surface area contributed by atoms with E-state index in [1.54, 1.807) is 12.1 Å². The lowest BCUT2D eigenvalue weighted by Gasteiger charge is -2.07. The van der Waals surface area contributed by atoms with E-state index in [9.17, 15) is 4.79 Å². The van der Waals surface area contributed by atoms with E-state index in [4.69, 9.17) is 15.2 Å². The summed E-state index contributed by atoms with van der Waals surface area (Å²) >= 11 is 1.52. The van der Waals surface area contributed by atoms with Crippen LogP contribution in [0.4, 0.5) is 5.69 Å². The Kier molecular flexibility index (Phi) is 4.01. The molecule has 1 heterocycles. The Balaban J connectivity index is 2.01. The van der Waals surface area contributed by atoms with Crippen LogP contribution >= 0.6 is 11.3 Å². The second-order valence-electron chi connectivity index (χ2n) is 3.89. The first-order valence-electron chi connectivity index (χ1n) is 5.62. The van der Waals surface area contributed by atoms with Crippen molar-refractivity contribution in [1.29, 1.82) is 0 Å². The molecule has 2 aromatic rings. The number of esters is 1. The summed E-state index contributed by atoms with van der Waals surface area (Å²) in [7, 11) is 1.52. The molecule has 0 spiro atoms. The lowest BCUT2D eigenvalue weighted by atomic mass is 10.2. The predicted octanol–water partition coefficient (Wildman–Crippen LogP) is 2.40. The molecule has 0 bridgehead atoms. The molecule has 0 saturated heterocycles. The number of methoxy groups -OCH3 is 1. The summed E-state index contributed by atoms with van der Waals surface area (Å²) in [5.41, 5.74) is 7.28. The summed E-state index contributed by atoms with van der Waals surface area (Å²) in [6, 6.07) is 4.79. The largest absolute Gasteiger partial charge is 0.495 e. The van der Waals surface area contributed by atoms with Gasteiger partial charge in [-0.05, 0) is 25.1 Å². The van der Waals surface area contributed by atoms with Crippen molar-refractivity contribution in [2.45, 2.75) is 13.5 Å². The van der Waals surface area contributed by atoms with Crippen molar-refractivity contribution in [2.24, 2.45) is 0 Å². The summed E-state index contributed by atoms with van der Waals surface area (Å²) in [6.07, 6.45) is 0. The molecule has 6 heteroatoms. The number of hydrogen-bond donors (Lipinski definition) is 1. The number of nitrogen functional groups attached to an aromatic ring is 1. The first-order chi connectivity index (χ1) is 9.10. The topological polar surface area (TPSA) is 74.4 Å². The SMILES string of the molecule is COc1ccc(C(=O)OCc2csc(C)n2)cc1N. The van der Waals surface area contributed by atoms with Crippen molar-refractivity contribution in [3.05, 3.63) is 39.8 Å². The van der Waals surface area contributed by atoms with E-state index in [0.717, 1.165) is 10.7 Å². The number of carbonyl (C=O) groups is 1. The van der Waals surface area contributed by atoms with Gasteiger partial charge in [-0.2, -0.15) is 0 Å². The minimum atomic E-state index is -0.431. The fraction of sp³-hybridized carbons (Fsp3) is 0.231. The number of aryl methyl sites for hydroxylation is 1. The van der Waals surface area contributed by atoms with E-state index in [1.165, 1.54) is 24.5 Å². The van der Waals surface area contributed by atoms with Gasteiger partial charge >= 0.3 is 5.97 Å². The van der Waals surface area contributed by atoms with E-state index in [2.05, 4.69) is 4.98 Å². The zero-order valence-electron chi connectivity index (χ0n) is 10.7. The molecule has 0 radical (unpaired) electrons. The highest BCUT2D eigenvalue weighted by molar-refractivity contribution is 7.09. The van der Waals surface area contributed by atoms with Crippen LogP contribution in [0.2, 0.25) is 0 Å². The zero-order valence-corrected chi connectivity index (χ0v) is 11.5. The number of nitrogens with two attached hydrogens (primary N) is 1. The Hall–Kier alpha value is -2.08. The fourth-order valence-corrected chi connectivity index (χ4v) is 2.16. The molecular weight excluding hydrogens is 264 g/mol. The summed E-state index contributed by atoms with van der Waals surface area (Å²) in [4.78, 5) is 16.1. The molecule has 2 rings (SSSR count). The highest BCUT2D eigenvalue weighted by atomic mass is 32.1. The van der Waals surface area contributed by atoms with Gasteiger partial charge in [0.15, 0.2) is 0 Å². The van der Waals surface area contributed by atoms with Crippen LogP contribution in [0.25, 0.3) is 0 Å². The second kappa shape index (κ2) is 5.71. The maximum Gasteiger partial charge on any atom is 0.338 e. The molecule has 0 amide bonds. The third kappa shape index (κ3) is 3.23. The third-order valence-corrected chi connectivity index (χ3v) is 3.31. The fourth-order valence-electron chi connectivity index (χ4n) is 1.56. The quantitative estimate of drug-likeness (QED) is 0.686. The number of thiazole rings is 1. The normalized spacial score (nSPS) is 10.2. The molecule has 0 saturated carbocycles. The summed E-state index contributed by atoms with van der Waals surface area (Å²) < 4.78 is 10.2. The Morgan fingerprint density at radius 2 is 2.26 bits per heavy atom. The monoisotopic (exact) mass is 278 g/mol. The number of ether oxygens (including phenoxy) is 2. The van der Waals surface area contributed by atoms with Gasteiger partial charge in [0, 0.05) is 5.38 Å². The lowest BCUT2D eigenvalue weighted by Crippen LogP contribution is -2.06. The van der Waals surface area contributed by atoms with Crippen LogP contribution < -0.4 is 10.5 Å². The van der Waals surface area contributed by atoms with Crippen LogP contribution in [0.3, 0.4) is 0 Å². The number of anilines is 1. The van der Waals surface area contributed by atoms with E-state index in [1.807, 2.05) is 12.3 Å². The molecule has 1 aromatic carbocycles. The Labute approximate surface area is 115 Å². The van der Waals surface area contributed by atoms with Crippen molar-refractivity contribution in [3.63, 3.8) is 0 Å². The Morgan fingerprint density at radius 3 is 2.84 bits per heavy atom.